The van der Waals surface area contributed by atoms with Crippen molar-refractivity contribution in [2.24, 2.45) is 0 Å². The first-order valence-corrected chi connectivity index (χ1v) is 7.54. The van der Waals surface area contributed by atoms with Crippen molar-refractivity contribution in [3.8, 4) is 5.75 Å². The van der Waals surface area contributed by atoms with E-state index in [4.69, 9.17) is 21.4 Å². The van der Waals surface area contributed by atoms with Crippen molar-refractivity contribution in [1.82, 2.24) is 0 Å². The van der Waals surface area contributed by atoms with Crippen LogP contribution in [0.15, 0.2) is 35.9 Å². The number of rotatable bonds is 2. The molecule has 3 rings (SSSR count). The van der Waals surface area contributed by atoms with Gasteiger partial charge in [0.25, 0.3) is 0 Å². The van der Waals surface area contributed by atoms with E-state index in [1.54, 1.807) is 6.08 Å². The highest BCUT2D eigenvalue weighted by molar-refractivity contribution is 6.31. The van der Waals surface area contributed by atoms with E-state index in [1.807, 2.05) is 12.2 Å². The minimum absolute atomic E-state index is 0.00970. The van der Waals surface area contributed by atoms with Crippen LogP contribution >= 0.6 is 11.6 Å². The van der Waals surface area contributed by atoms with Gasteiger partial charge in [-0.15, -0.1) is 0 Å². The standard InChI is InChI=1S/C17H12ClF3O3/c18-11-6-10-7-13(16(22)23)15(17(19,20)21)24-14(10)12(8-11)9-4-2-1-3-5-9/h2,4-8,15H,1,3H2,(H,22,23). The number of allylic oxidation sites excluding steroid dienone is 4. The van der Waals surface area contributed by atoms with Crippen molar-refractivity contribution in [2.45, 2.75) is 25.1 Å². The average molecular weight is 357 g/mol. The molecule has 24 heavy (non-hydrogen) atoms. The zero-order chi connectivity index (χ0) is 17.5. The Labute approximate surface area is 140 Å². The number of hydrogen-bond acceptors (Lipinski definition) is 2. The first-order chi connectivity index (χ1) is 11.3. The molecule has 7 heteroatoms. The van der Waals surface area contributed by atoms with Crippen LogP contribution in [0.3, 0.4) is 0 Å². The van der Waals surface area contributed by atoms with Crippen molar-refractivity contribution in [3.63, 3.8) is 0 Å². The van der Waals surface area contributed by atoms with E-state index in [1.165, 1.54) is 12.1 Å². The van der Waals surface area contributed by atoms with E-state index < -0.39 is 23.8 Å². The topological polar surface area (TPSA) is 46.5 Å². The molecule has 1 unspecified atom stereocenters. The van der Waals surface area contributed by atoms with E-state index in [-0.39, 0.29) is 11.3 Å². The summed E-state index contributed by atoms with van der Waals surface area (Å²) >= 11 is 6.05. The van der Waals surface area contributed by atoms with E-state index >= 15 is 0 Å². The van der Waals surface area contributed by atoms with E-state index in [0.29, 0.717) is 16.2 Å². The summed E-state index contributed by atoms with van der Waals surface area (Å²) < 4.78 is 44.7. The maximum absolute atomic E-state index is 13.2. The summed E-state index contributed by atoms with van der Waals surface area (Å²) in [7, 11) is 0. The van der Waals surface area contributed by atoms with Crippen LogP contribution in [0.5, 0.6) is 5.75 Å². The second kappa shape index (κ2) is 6.02. The molecule has 1 aromatic carbocycles. The number of hydrogen-bond donors (Lipinski definition) is 1. The molecule has 1 atom stereocenters. The Hall–Kier alpha value is -2.21. The summed E-state index contributed by atoms with van der Waals surface area (Å²) in [6.07, 6.45) is 0.804. The molecule has 0 fully saturated rings. The largest absolute Gasteiger partial charge is 0.478 e. The third-order valence-corrected chi connectivity index (χ3v) is 3.98. The van der Waals surface area contributed by atoms with Gasteiger partial charge in [0.2, 0.25) is 6.10 Å². The van der Waals surface area contributed by atoms with E-state index in [2.05, 4.69) is 0 Å². The quantitative estimate of drug-likeness (QED) is 0.822. The number of carboxylic acids is 1. The van der Waals surface area contributed by atoms with Crippen LogP contribution in [0.4, 0.5) is 13.2 Å². The highest BCUT2D eigenvalue weighted by Crippen LogP contribution is 2.43. The van der Waals surface area contributed by atoms with Crippen LogP contribution < -0.4 is 4.74 Å². The van der Waals surface area contributed by atoms with Gasteiger partial charge in [-0.05, 0) is 36.6 Å². The molecule has 1 N–H and O–H groups in total. The number of aliphatic carboxylic acids is 1. The van der Waals surface area contributed by atoms with Crippen LogP contribution in [0.2, 0.25) is 5.02 Å². The van der Waals surface area contributed by atoms with Gasteiger partial charge in [-0.2, -0.15) is 13.2 Å². The van der Waals surface area contributed by atoms with Crippen molar-refractivity contribution < 1.29 is 27.8 Å². The average Bonchev–Trinajstić information content (AvgIpc) is 2.52. The molecule has 3 nitrogen and oxygen atoms in total. The molecule has 0 radical (unpaired) electrons. The van der Waals surface area contributed by atoms with Crippen molar-refractivity contribution in [1.29, 1.82) is 0 Å². The van der Waals surface area contributed by atoms with Crippen LogP contribution in [-0.4, -0.2) is 23.4 Å². The molecule has 1 aliphatic carbocycles. The molecule has 126 valence electrons. The molecule has 0 saturated heterocycles. The minimum Gasteiger partial charge on any atom is -0.478 e. The Morgan fingerprint density at radius 3 is 2.62 bits per heavy atom. The summed E-state index contributed by atoms with van der Waals surface area (Å²) in [5.74, 6) is -1.69. The lowest BCUT2D eigenvalue weighted by molar-refractivity contribution is -0.187. The lowest BCUT2D eigenvalue weighted by Crippen LogP contribution is -2.40. The molecule has 0 amide bonds. The Morgan fingerprint density at radius 1 is 1.29 bits per heavy atom. The highest BCUT2D eigenvalue weighted by Gasteiger charge is 2.48. The molecule has 1 aromatic rings. The normalized spacial score (nSPS) is 19.9. The van der Waals surface area contributed by atoms with Crippen molar-refractivity contribution in [2.75, 3.05) is 0 Å². The number of halogens is 4. The molecule has 0 saturated carbocycles. The molecular weight excluding hydrogens is 345 g/mol. The SMILES string of the molecule is O=C(O)C1=Cc2cc(Cl)cc(C3=CCCC=C3)c2OC1C(F)(F)F. The summed E-state index contributed by atoms with van der Waals surface area (Å²) in [5, 5.41) is 9.37. The fourth-order valence-electron chi connectivity index (χ4n) is 2.72. The zero-order valence-electron chi connectivity index (χ0n) is 12.2. The Kier molecular flexibility index (Phi) is 4.17. The highest BCUT2D eigenvalue weighted by atomic mass is 35.5. The number of ether oxygens (including phenoxy) is 1. The fourth-order valence-corrected chi connectivity index (χ4v) is 2.95. The van der Waals surface area contributed by atoms with Crippen molar-refractivity contribution >= 4 is 29.2 Å². The van der Waals surface area contributed by atoms with Gasteiger partial charge in [0.05, 0.1) is 5.57 Å². The third-order valence-electron chi connectivity index (χ3n) is 3.76. The lowest BCUT2D eigenvalue weighted by Gasteiger charge is -2.29. The third kappa shape index (κ3) is 3.06. The number of alkyl halides is 3. The molecule has 0 spiro atoms. The Morgan fingerprint density at radius 2 is 2.04 bits per heavy atom. The molecule has 0 aromatic heterocycles. The van der Waals surface area contributed by atoms with Gasteiger partial charge < -0.3 is 9.84 Å². The Bertz CT molecular complexity index is 791. The Balaban J connectivity index is 2.19. The number of benzene rings is 1. The van der Waals surface area contributed by atoms with Crippen molar-refractivity contribution in [3.05, 3.63) is 52.1 Å². The lowest BCUT2D eigenvalue weighted by atomic mass is 9.93. The van der Waals surface area contributed by atoms with Gasteiger partial charge in [0.1, 0.15) is 5.75 Å². The van der Waals surface area contributed by atoms with Crippen LogP contribution in [0.1, 0.15) is 24.0 Å². The molecule has 1 heterocycles. The minimum atomic E-state index is -4.84. The number of carbonyl (C=O) groups is 1. The number of fused-ring (bicyclic) bond motifs is 1. The smallest absolute Gasteiger partial charge is 0.430 e. The van der Waals surface area contributed by atoms with Gasteiger partial charge in [-0.3, -0.25) is 0 Å². The molecule has 2 aliphatic rings. The van der Waals surface area contributed by atoms with Crippen LogP contribution in [0.25, 0.3) is 11.6 Å². The molecular formula is C17H12ClF3O3. The second-order valence-corrected chi connectivity index (χ2v) is 5.89. The number of carboxylic acid groups (broad SMARTS) is 1. The summed E-state index contributed by atoms with van der Waals surface area (Å²) in [6, 6.07) is 2.91. The maximum Gasteiger partial charge on any atom is 0.430 e. The zero-order valence-corrected chi connectivity index (χ0v) is 13.0. The van der Waals surface area contributed by atoms with Gasteiger partial charge >= 0.3 is 12.1 Å². The van der Waals surface area contributed by atoms with E-state index in [9.17, 15) is 18.0 Å². The van der Waals surface area contributed by atoms with E-state index in [0.717, 1.165) is 18.9 Å². The second-order valence-electron chi connectivity index (χ2n) is 5.46. The van der Waals surface area contributed by atoms with Gasteiger partial charge in [0.15, 0.2) is 0 Å². The summed E-state index contributed by atoms with van der Waals surface area (Å²) in [4.78, 5) is 11.2. The summed E-state index contributed by atoms with van der Waals surface area (Å²) in [5.41, 5.74) is 0.475. The summed E-state index contributed by atoms with van der Waals surface area (Å²) in [6.45, 7) is 0. The van der Waals surface area contributed by atoms with Crippen LogP contribution in [0, 0.1) is 0 Å². The van der Waals surface area contributed by atoms with Gasteiger partial charge in [-0.25, -0.2) is 4.79 Å². The first kappa shape index (κ1) is 16.6. The van der Waals surface area contributed by atoms with Crippen LogP contribution in [-0.2, 0) is 4.79 Å². The predicted molar refractivity (Wildman–Crippen MR) is 83.9 cm³/mol. The fraction of sp³-hybridized carbons (Fsp3) is 0.235. The predicted octanol–water partition coefficient (Wildman–Crippen LogP) is 4.86. The van der Waals surface area contributed by atoms with Gasteiger partial charge in [-0.1, -0.05) is 29.8 Å². The molecule has 0 bridgehead atoms. The maximum atomic E-state index is 13.2. The first-order valence-electron chi connectivity index (χ1n) is 7.16. The van der Waals surface area contributed by atoms with Gasteiger partial charge in [0, 0.05) is 16.1 Å². The molecule has 1 aliphatic heterocycles. The monoisotopic (exact) mass is 356 g/mol.